The van der Waals surface area contributed by atoms with Crippen LogP contribution in [0, 0.1) is 0 Å². The molecule has 7 heteroatoms. The molecule has 134 valence electrons. The number of methoxy groups -OCH3 is 1. The van der Waals surface area contributed by atoms with Crippen molar-refractivity contribution < 1.29 is 9.84 Å². The Morgan fingerprint density at radius 2 is 1.96 bits per heavy atom. The lowest BCUT2D eigenvalue weighted by Gasteiger charge is -2.11. The Kier molecular flexibility index (Phi) is 3.97. The third kappa shape index (κ3) is 2.95. The van der Waals surface area contributed by atoms with Gasteiger partial charge in [-0.25, -0.2) is 14.4 Å². The monoisotopic (exact) mass is 361 g/mol. The maximum atomic E-state index is 12.3. The molecule has 0 spiro atoms. The SMILES string of the molecule is COc1cccc(-n2c(O)c(C=C3C=c4ccccc4=N3)c(=O)[nH]c2=O)c1. The number of aromatic hydroxyl groups is 1. The first-order valence-corrected chi connectivity index (χ1v) is 8.17. The number of para-hydroxylation sites is 1. The molecule has 3 aromatic rings. The molecule has 27 heavy (non-hydrogen) atoms. The number of aromatic nitrogens is 2. The Hall–Kier alpha value is -3.87. The van der Waals surface area contributed by atoms with E-state index in [1.54, 1.807) is 30.3 Å². The fourth-order valence-corrected chi connectivity index (χ4v) is 2.92. The number of nitrogens with zero attached hydrogens (tertiary/aromatic N) is 2. The number of ether oxygens (including phenoxy) is 1. The van der Waals surface area contributed by atoms with Gasteiger partial charge in [0, 0.05) is 11.3 Å². The van der Waals surface area contributed by atoms with E-state index >= 15 is 0 Å². The zero-order valence-corrected chi connectivity index (χ0v) is 14.3. The van der Waals surface area contributed by atoms with E-state index in [-0.39, 0.29) is 5.56 Å². The van der Waals surface area contributed by atoms with Crippen molar-refractivity contribution in [3.8, 4) is 17.3 Å². The number of fused-ring (bicyclic) bond motifs is 1. The van der Waals surface area contributed by atoms with Crippen molar-refractivity contribution in [2.24, 2.45) is 4.99 Å². The second-order valence-corrected chi connectivity index (χ2v) is 5.92. The largest absolute Gasteiger partial charge is 0.497 e. The van der Waals surface area contributed by atoms with Crippen LogP contribution in [0.1, 0.15) is 5.56 Å². The van der Waals surface area contributed by atoms with Crippen LogP contribution in [-0.2, 0) is 0 Å². The molecular formula is C20H15N3O4. The number of nitrogens with one attached hydrogen (secondary N) is 1. The van der Waals surface area contributed by atoms with Crippen molar-refractivity contribution >= 4 is 12.2 Å². The van der Waals surface area contributed by atoms with E-state index in [1.165, 1.54) is 13.2 Å². The summed E-state index contributed by atoms with van der Waals surface area (Å²) >= 11 is 0. The Morgan fingerprint density at radius 3 is 2.74 bits per heavy atom. The highest BCUT2D eigenvalue weighted by molar-refractivity contribution is 5.67. The summed E-state index contributed by atoms with van der Waals surface area (Å²) in [5.74, 6) is 0.0449. The van der Waals surface area contributed by atoms with Gasteiger partial charge < -0.3 is 9.84 Å². The number of hydrogen-bond acceptors (Lipinski definition) is 5. The Bertz CT molecular complexity index is 1280. The predicted molar refractivity (Wildman–Crippen MR) is 101 cm³/mol. The van der Waals surface area contributed by atoms with Crippen LogP contribution in [0.15, 0.2) is 68.8 Å². The number of aromatic amines is 1. The molecule has 0 saturated heterocycles. The molecular weight excluding hydrogens is 346 g/mol. The van der Waals surface area contributed by atoms with Gasteiger partial charge in [0.15, 0.2) is 0 Å². The lowest BCUT2D eigenvalue weighted by Crippen LogP contribution is -2.30. The van der Waals surface area contributed by atoms with E-state index in [0.717, 1.165) is 15.1 Å². The highest BCUT2D eigenvalue weighted by Gasteiger charge is 2.15. The van der Waals surface area contributed by atoms with Crippen molar-refractivity contribution in [3.05, 3.63) is 91.2 Å². The molecule has 2 N–H and O–H groups in total. The molecule has 7 nitrogen and oxygen atoms in total. The molecule has 0 bridgehead atoms. The van der Waals surface area contributed by atoms with Gasteiger partial charge in [0.2, 0.25) is 5.88 Å². The summed E-state index contributed by atoms with van der Waals surface area (Å²) in [6, 6.07) is 14.1. The van der Waals surface area contributed by atoms with Crippen molar-refractivity contribution in [1.82, 2.24) is 9.55 Å². The molecule has 4 rings (SSSR count). The van der Waals surface area contributed by atoms with Crippen molar-refractivity contribution in [2.75, 3.05) is 7.11 Å². The Labute approximate surface area is 152 Å². The van der Waals surface area contributed by atoms with Crippen molar-refractivity contribution in [1.29, 1.82) is 0 Å². The van der Waals surface area contributed by atoms with Gasteiger partial charge in [-0.1, -0.05) is 24.3 Å². The molecule has 2 aromatic carbocycles. The summed E-state index contributed by atoms with van der Waals surface area (Å²) < 4.78 is 6.16. The second-order valence-electron chi connectivity index (χ2n) is 5.92. The first kappa shape index (κ1) is 16.6. The maximum Gasteiger partial charge on any atom is 0.335 e. The van der Waals surface area contributed by atoms with Crippen LogP contribution in [0.4, 0.5) is 0 Å². The molecule has 0 atom stereocenters. The zero-order chi connectivity index (χ0) is 19.0. The normalized spacial score (nSPS) is 13.7. The summed E-state index contributed by atoms with van der Waals surface area (Å²) in [6.45, 7) is 0. The molecule has 0 fully saturated rings. The van der Waals surface area contributed by atoms with E-state index in [9.17, 15) is 14.7 Å². The molecule has 0 radical (unpaired) electrons. The van der Waals surface area contributed by atoms with Gasteiger partial charge in [-0.2, -0.15) is 0 Å². The Morgan fingerprint density at radius 1 is 1.15 bits per heavy atom. The van der Waals surface area contributed by atoms with Gasteiger partial charge in [-0.3, -0.25) is 9.78 Å². The average Bonchev–Trinajstić information content (AvgIpc) is 3.08. The molecule has 1 aliphatic heterocycles. The summed E-state index contributed by atoms with van der Waals surface area (Å²) in [5.41, 5.74) is -0.622. The minimum absolute atomic E-state index is 0.0553. The summed E-state index contributed by atoms with van der Waals surface area (Å²) in [5, 5.41) is 12.3. The minimum atomic E-state index is -0.747. The van der Waals surface area contributed by atoms with Gasteiger partial charge in [0.1, 0.15) is 11.3 Å². The van der Waals surface area contributed by atoms with E-state index in [4.69, 9.17) is 4.74 Å². The molecule has 0 unspecified atom stereocenters. The minimum Gasteiger partial charge on any atom is -0.497 e. The van der Waals surface area contributed by atoms with E-state index in [0.29, 0.717) is 17.1 Å². The third-order valence-corrected chi connectivity index (χ3v) is 4.21. The quantitative estimate of drug-likeness (QED) is 0.718. The zero-order valence-electron chi connectivity index (χ0n) is 14.3. The van der Waals surface area contributed by atoms with Crippen LogP contribution in [0.25, 0.3) is 17.8 Å². The average molecular weight is 361 g/mol. The Balaban J connectivity index is 1.91. The van der Waals surface area contributed by atoms with Gasteiger partial charge in [-0.15, -0.1) is 0 Å². The van der Waals surface area contributed by atoms with Gasteiger partial charge in [-0.05, 0) is 30.4 Å². The molecule has 2 heterocycles. The highest BCUT2D eigenvalue weighted by Crippen LogP contribution is 2.22. The van der Waals surface area contributed by atoms with Gasteiger partial charge in [0.05, 0.1) is 23.9 Å². The van der Waals surface area contributed by atoms with Crippen LogP contribution < -0.4 is 26.6 Å². The van der Waals surface area contributed by atoms with Crippen molar-refractivity contribution in [3.63, 3.8) is 0 Å². The third-order valence-electron chi connectivity index (χ3n) is 4.21. The lowest BCUT2D eigenvalue weighted by molar-refractivity contribution is 0.412. The molecule has 0 amide bonds. The maximum absolute atomic E-state index is 12.3. The van der Waals surface area contributed by atoms with E-state index < -0.39 is 17.1 Å². The summed E-state index contributed by atoms with van der Waals surface area (Å²) in [7, 11) is 1.50. The predicted octanol–water partition coefficient (Wildman–Crippen LogP) is 0.695. The van der Waals surface area contributed by atoms with Gasteiger partial charge >= 0.3 is 5.69 Å². The molecule has 1 aliphatic rings. The van der Waals surface area contributed by atoms with Crippen LogP contribution in [-0.4, -0.2) is 21.8 Å². The number of hydrogen-bond donors (Lipinski definition) is 2. The standard InChI is InChI=1S/C20H15N3O4/c1-27-15-7-4-6-14(11-15)23-19(25)16(18(24)22-20(23)26)10-13-9-12-5-2-3-8-17(12)21-13/h2-11,25H,1H3,(H,22,24,26). The smallest absolute Gasteiger partial charge is 0.335 e. The first-order valence-electron chi connectivity index (χ1n) is 8.17. The van der Waals surface area contributed by atoms with Crippen molar-refractivity contribution in [2.45, 2.75) is 0 Å². The van der Waals surface area contributed by atoms with Crippen LogP contribution in [0.3, 0.4) is 0 Å². The van der Waals surface area contributed by atoms with Crippen LogP contribution in [0.5, 0.6) is 11.6 Å². The number of benzene rings is 2. The van der Waals surface area contributed by atoms with Gasteiger partial charge in [0.25, 0.3) is 5.56 Å². The topological polar surface area (TPSA) is 96.7 Å². The fraction of sp³-hybridized carbons (Fsp3) is 0.0500. The molecule has 0 saturated carbocycles. The van der Waals surface area contributed by atoms with E-state index in [1.807, 2.05) is 24.3 Å². The summed E-state index contributed by atoms with van der Waals surface area (Å²) in [4.78, 5) is 31.2. The fourth-order valence-electron chi connectivity index (χ4n) is 2.92. The molecule has 1 aromatic heterocycles. The second kappa shape index (κ2) is 6.45. The summed E-state index contributed by atoms with van der Waals surface area (Å²) in [6.07, 6.45) is 3.25. The number of rotatable bonds is 3. The van der Waals surface area contributed by atoms with E-state index in [2.05, 4.69) is 9.98 Å². The van der Waals surface area contributed by atoms with Crippen LogP contribution in [0.2, 0.25) is 0 Å². The number of allylic oxidation sites excluding steroid dienone is 1. The highest BCUT2D eigenvalue weighted by atomic mass is 16.5. The lowest BCUT2D eigenvalue weighted by atomic mass is 10.2. The first-order chi connectivity index (χ1) is 13.1. The van der Waals surface area contributed by atoms with Crippen LogP contribution >= 0.6 is 0 Å². The molecule has 0 aliphatic carbocycles. The number of H-pyrrole nitrogens is 1.